The molecule has 0 saturated carbocycles. The number of hydrazone groups is 1. The van der Waals surface area contributed by atoms with Crippen LogP contribution in [0.1, 0.15) is 23.0 Å². The van der Waals surface area contributed by atoms with Gasteiger partial charge in [0.1, 0.15) is 5.75 Å². The average molecular weight is 412 g/mol. The molecule has 4 rings (SSSR count). The Morgan fingerprint density at radius 3 is 2.32 bits per heavy atom. The van der Waals surface area contributed by atoms with Gasteiger partial charge in [-0.05, 0) is 37.3 Å². The quantitative estimate of drug-likeness (QED) is 0.401. The van der Waals surface area contributed by atoms with Crippen molar-refractivity contribution in [2.45, 2.75) is 6.92 Å². The molecule has 7 nitrogen and oxygen atoms in total. The number of nitrogens with one attached hydrogen (secondary N) is 1. The van der Waals surface area contributed by atoms with E-state index in [1.165, 1.54) is 4.68 Å². The molecule has 0 unspecified atom stereocenters. The number of rotatable bonds is 5. The summed E-state index contributed by atoms with van der Waals surface area (Å²) >= 11 is 0. The molecule has 0 bridgehead atoms. The molecular weight excluding hydrogens is 392 g/mol. The highest BCUT2D eigenvalue weighted by molar-refractivity contribution is 6.06. The van der Waals surface area contributed by atoms with Gasteiger partial charge in [0.15, 0.2) is 5.69 Å². The van der Waals surface area contributed by atoms with E-state index in [9.17, 15) is 9.59 Å². The van der Waals surface area contributed by atoms with Gasteiger partial charge in [0.2, 0.25) is 0 Å². The normalized spacial score (nSPS) is 11.4. The van der Waals surface area contributed by atoms with Crippen molar-refractivity contribution in [2.24, 2.45) is 5.10 Å². The number of nitrogens with zero attached hydrogens (tertiary/aromatic N) is 3. The van der Waals surface area contributed by atoms with E-state index in [1.807, 2.05) is 30.3 Å². The molecule has 0 aliphatic carbocycles. The Kier molecular flexibility index (Phi) is 5.57. The molecule has 1 amide bonds. The standard InChI is InChI=1S/C24H20N4O3/c1-16(18-12-8-9-15-21(18)31-2)25-26-23(29)22-19-13-6-7-14-20(19)24(30)28(27-22)17-10-4-3-5-11-17/h3-15H,1-2H3,(H,26,29)/b25-16-. The lowest BCUT2D eigenvalue weighted by Crippen LogP contribution is -2.28. The fourth-order valence-electron chi connectivity index (χ4n) is 3.29. The fourth-order valence-corrected chi connectivity index (χ4v) is 3.29. The molecule has 0 aliphatic heterocycles. The number of aromatic nitrogens is 2. The summed E-state index contributed by atoms with van der Waals surface area (Å²) in [5, 5.41) is 9.43. The topological polar surface area (TPSA) is 85.6 Å². The maximum Gasteiger partial charge on any atom is 0.292 e. The number of benzene rings is 3. The van der Waals surface area contributed by atoms with Crippen molar-refractivity contribution in [2.75, 3.05) is 7.11 Å². The Morgan fingerprint density at radius 1 is 0.935 bits per heavy atom. The van der Waals surface area contributed by atoms with Crippen LogP contribution in [0.25, 0.3) is 16.5 Å². The van der Waals surface area contributed by atoms with E-state index < -0.39 is 5.91 Å². The second-order valence-electron chi connectivity index (χ2n) is 6.79. The van der Waals surface area contributed by atoms with Crippen LogP contribution in [0.5, 0.6) is 5.75 Å². The molecule has 1 aromatic heterocycles. The van der Waals surface area contributed by atoms with Crippen molar-refractivity contribution in [1.82, 2.24) is 15.2 Å². The van der Waals surface area contributed by atoms with Crippen molar-refractivity contribution in [1.29, 1.82) is 0 Å². The fraction of sp³-hybridized carbons (Fsp3) is 0.0833. The Hall–Kier alpha value is -4.26. The summed E-state index contributed by atoms with van der Waals surface area (Å²) in [6.07, 6.45) is 0. The van der Waals surface area contributed by atoms with Gasteiger partial charge in [0.25, 0.3) is 11.5 Å². The van der Waals surface area contributed by atoms with Crippen LogP contribution in [-0.4, -0.2) is 28.5 Å². The molecule has 1 heterocycles. The highest BCUT2D eigenvalue weighted by Crippen LogP contribution is 2.18. The third-order valence-electron chi connectivity index (χ3n) is 4.84. The van der Waals surface area contributed by atoms with Gasteiger partial charge in [0, 0.05) is 10.9 Å². The predicted octanol–water partition coefficient (Wildman–Crippen LogP) is 3.55. The van der Waals surface area contributed by atoms with E-state index in [-0.39, 0.29) is 11.3 Å². The molecule has 4 aromatic rings. The Bertz CT molecular complexity index is 1340. The number of amides is 1. The molecule has 154 valence electrons. The number of fused-ring (bicyclic) bond motifs is 1. The highest BCUT2D eigenvalue weighted by atomic mass is 16.5. The van der Waals surface area contributed by atoms with E-state index in [2.05, 4.69) is 15.6 Å². The number of methoxy groups -OCH3 is 1. The number of carbonyl (C=O) groups excluding carboxylic acids is 1. The Morgan fingerprint density at radius 2 is 1.58 bits per heavy atom. The molecule has 0 atom stereocenters. The number of ether oxygens (including phenoxy) is 1. The summed E-state index contributed by atoms with van der Waals surface area (Å²) in [4.78, 5) is 26.0. The lowest BCUT2D eigenvalue weighted by Gasteiger charge is -2.11. The van der Waals surface area contributed by atoms with Gasteiger partial charge < -0.3 is 4.74 Å². The van der Waals surface area contributed by atoms with Gasteiger partial charge >= 0.3 is 0 Å². The van der Waals surface area contributed by atoms with E-state index in [0.29, 0.717) is 27.9 Å². The minimum Gasteiger partial charge on any atom is -0.496 e. The number of hydrogen-bond acceptors (Lipinski definition) is 5. The van der Waals surface area contributed by atoms with Crippen molar-refractivity contribution in [3.05, 3.63) is 100 Å². The van der Waals surface area contributed by atoms with E-state index >= 15 is 0 Å². The first-order valence-corrected chi connectivity index (χ1v) is 9.65. The van der Waals surface area contributed by atoms with Gasteiger partial charge in [-0.15, -0.1) is 0 Å². The van der Waals surface area contributed by atoms with E-state index in [4.69, 9.17) is 4.74 Å². The second-order valence-corrected chi connectivity index (χ2v) is 6.79. The summed E-state index contributed by atoms with van der Waals surface area (Å²) < 4.78 is 6.58. The first kappa shape index (κ1) is 20.0. The largest absolute Gasteiger partial charge is 0.496 e. The van der Waals surface area contributed by atoms with Gasteiger partial charge in [-0.3, -0.25) is 9.59 Å². The molecule has 1 N–H and O–H groups in total. The maximum atomic E-state index is 13.0. The van der Waals surface area contributed by atoms with Crippen LogP contribution < -0.4 is 15.7 Å². The van der Waals surface area contributed by atoms with Gasteiger partial charge in [-0.1, -0.05) is 48.5 Å². The summed E-state index contributed by atoms with van der Waals surface area (Å²) in [5.41, 5.74) is 4.27. The molecule has 0 fully saturated rings. The van der Waals surface area contributed by atoms with Gasteiger partial charge in [0.05, 0.1) is 23.9 Å². The molecule has 0 radical (unpaired) electrons. The second kappa shape index (κ2) is 8.62. The van der Waals surface area contributed by atoms with Crippen LogP contribution in [0.3, 0.4) is 0 Å². The number of hydrogen-bond donors (Lipinski definition) is 1. The molecule has 7 heteroatoms. The van der Waals surface area contributed by atoms with Crippen LogP contribution in [0, 0.1) is 0 Å². The number of para-hydroxylation sites is 2. The first-order valence-electron chi connectivity index (χ1n) is 9.65. The molecule has 0 spiro atoms. The van der Waals surface area contributed by atoms with Gasteiger partial charge in [-0.25, -0.2) is 5.43 Å². The third-order valence-corrected chi connectivity index (χ3v) is 4.84. The van der Waals surface area contributed by atoms with Crippen molar-refractivity contribution < 1.29 is 9.53 Å². The smallest absolute Gasteiger partial charge is 0.292 e. The highest BCUT2D eigenvalue weighted by Gasteiger charge is 2.17. The maximum absolute atomic E-state index is 13.0. The van der Waals surface area contributed by atoms with E-state index in [1.54, 1.807) is 62.6 Å². The zero-order valence-corrected chi connectivity index (χ0v) is 17.1. The minimum absolute atomic E-state index is 0.107. The summed E-state index contributed by atoms with van der Waals surface area (Å²) in [6.45, 7) is 1.77. The molecule has 0 aliphatic rings. The molecule has 0 saturated heterocycles. The zero-order valence-electron chi connectivity index (χ0n) is 17.1. The van der Waals surface area contributed by atoms with Crippen LogP contribution in [0.4, 0.5) is 0 Å². The van der Waals surface area contributed by atoms with Crippen molar-refractivity contribution in [3.8, 4) is 11.4 Å². The molecule has 3 aromatic carbocycles. The predicted molar refractivity (Wildman–Crippen MR) is 120 cm³/mol. The van der Waals surface area contributed by atoms with Gasteiger partial charge in [-0.2, -0.15) is 14.9 Å². The summed E-state index contributed by atoms with van der Waals surface area (Å²) in [7, 11) is 1.58. The van der Waals surface area contributed by atoms with Crippen LogP contribution in [-0.2, 0) is 0 Å². The third kappa shape index (κ3) is 3.93. The van der Waals surface area contributed by atoms with Crippen LogP contribution in [0.15, 0.2) is 88.8 Å². The van der Waals surface area contributed by atoms with Crippen molar-refractivity contribution >= 4 is 22.4 Å². The van der Waals surface area contributed by atoms with Crippen LogP contribution in [0.2, 0.25) is 0 Å². The first-order chi connectivity index (χ1) is 15.1. The SMILES string of the molecule is COc1ccccc1/C(C)=N\NC(=O)c1nn(-c2ccccc2)c(=O)c2ccccc12. The Labute approximate surface area is 178 Å². The van der Waals surface area contributed by atoms with E-state index in [0.717, 1.165) is 5.56 Å². The molecule has 31 heavy (non-hydrogen) atoms. The number of carbonyl (C=O) groups is 1. The summed E-state index contributed by atoms with van der Waals surface area (Å²) in [5.74, 6) is 0.134. The average Bonchev–Trinajstić information content (AvgIpc) is 2.83. The van der Waals surface area contributed by atoms with Crippen LogP contribution >= 0.6 is 0 Å². The monoisotopic (exact) mass is 412 g/mol. The lowest BCUT2D eigenvalue weighted by molar-refractivity contribution is 0.0950. The zero-order chi connectivity index (χ0) is 21.8. The van der Waals surface area contributed by atoms with Crippen molar-refractivity contribution in [3.63, 3.8) is 0 Å². The Balaban J connectivity index is 1.76. The lowest BCUT2D eigenvalue weighted by atomic mass is 10.1. The molecular formula is C24H20N4O3. The summed E-state index contributed by atoms with van der Waals surface area (Å²) in [6, 6.07) is 23.3. The minimum atomic E-state index is -0.518.